The second-order valence-electron chi connectivity index (χ2n) is 8.48. The highest BCUT2D eigenvalue weighted by Crippen LogP contribution is 2.38. The van der Waals surface area contributed by atoms with Gasteiger partial charge >= 0.3 is 0 Å². The minimum Gasteiger partial charge on any atom is -0.486 e. The number of hydrogen-bond acceptors (Lipinski definition) is 4. The number of rotatable bonds is 4. The first-order valence-electron chi connectivity index (χ1n) is 11.2. The standard InChI is InChI=1S/C26H21Cl2N3O3/c27-19-4-3-5-20(28)18(19)15-31-22-7-2-1-6-21(22)29-26(31)16-12-25(32)30(14-16)17-8-9-23-24(13-17)34-11-10-33-23/h1-9,13,16H,10-12,14-15H2. The number of benzene rings is 3. The van der Waals surface area contributed by atoms with Gasteiger partial charge in [0.05, 0.1) is 17.6 Å². The maximum atomic E-state index is 13.1. The third-order valence-electron chi connectivity index (χ3n) is 6.39. The minimum atomic E-state index is -0.0747. The van der Waals surface area contributed by atoms with Gasteiger partial charge in [0.1, 0.15) is 19.0 Å². The molecule has 1 saturated heterocycles. The maximum absolute atomic E-state index is 13.1. The van der Waals surface area contributed by atoms with Gasteiger partial charge in [0.2, 0.25) is 5.91 Å². The van der Waals surface area contributed by atoms with Crippen LogP contribution in [-0.4, -0.2) is 35.2 Å². The second-order valence-corrected chi connectivity index (χ2v) is 9.29. The summed E-state index contributed by atoms with van der Waals surface area (Å²) < 4.78 is 13.5. The molecule has 1 fully saturated rings. The van der Waals surface area contributed by atoms with Gasteiger partial charge in [-0.05, 0) is 36.4 Å². The van der Waals surface area contributed by atoms with Crippen LogP contribution >= 0.6 is 23.2 Å². The Balaban J connectivity index is 1.37. The summed E-state index contributed by atoms with van der Waals surface area (Å²) in [7, 11) is 0. The molecule has 1 unspecified atom stereocenters. The first-order valence-corrected chi connectivity index (χ1v) is 11.9. The van der Waals surface area contributed by atoms with Crippen molar-refractivity contribution in [3.05, 3.63) is 82.1 Å². The van der Waals surface area contributed by atoms with E-state index in [4.69, 9.17) is 37.7 Å². The van der Waals surface area contributed by atoms with Crippen LogP contribution in [0.1, 0.15) is 23.7 Å². The summed E-state index contributed by atoms with van der Waals surface area (Å²) in [5.41, 5.74) is 3.50. The van der Waals surface area contributed by atoms with Crippen molar-refractivity contribution in [2.24, 2.45) is 0 Å². The molecule has 2 aliphatic heterocycles. The molecule has 8 heteroatoms. The highest BCUT2D eigenvalue weighted by Gasteiger charge is 2.35. The van der Waals surface area contributed by atoms with E-state index in [-0.39, 0.29) is 11.8 Å². The molecule has 34 heavy (non-hydrogen) atoms. The lowest BCUT2D eigenvalue weighted by atomic mass is 10.1. The average Bonchev–Trinajstić information content (AvgIpc) is 3.41. The number of nitrogens with zero attached hydrogens (tertiary/aromatic N) is 3. The molecule has 6 nitrogen and oxygen atoms in total. The molecule has 2 aliphatic rings. The summed E-state index contributed by atoms with van der Waals surface area (Å²) in [6, 6.07) is 19.1. The molecule has 4 aromatic rings. The number of fused-ring (bicyclic) bond motifs is 2. The van der Waals surface area contributed by atoms with Crippen LogP contribution in [0.25, 0.3) is 11.0 Å². The normalized spacial score (nSPS) is 17.5. The van der Waals surface area contributed by atoms with Crippen molar-refractivity contribution in [2.75, 3.05) is 24.7 Å². The van der Waals surface area contributed by atoms with E-state index in [1.54, 1.807) is 4.90 Å². The predicted molar refractivity (Wildman–Crippen MR) is 132 cm³/mol. The lowest BCUT2D eigenvalue weighted by Crippen LogP contribution is -2.25. The highest BCUT2D eigenvalue weighted by atomic mass is 35.5. The number of para-hydroxylation sites is 2. The Morgan fingerprint density at radius 2 is 1.71 bits per heavy atom. The van der Waals surface area contributed by atoms with Gasteiger partial charge in [-0.15, -0.1) is 0 Å². The number of anilines is 1. The van der Waals surface area contributed by atoms with E-state index in [1.165, 1.54) is 0 Å². The molecule has 0 bridgehead atoms. The first-order chi connectivity index (χ1) is 16.6. The fourth-order valence-electron chi connectivity index (χ4n) is 4.74. The number of aromatic nitrogens is 2. The number of halogens is 2. The van der Waals surface area contributed by atoms with Crippen molar-refractivity contribution in [3.63, 3.8) is 0 Å². The quantitative estimate of drug-likeness (QED) is 0.366. The lowest BCUT2D eigenvalue weighted by Gasteiger charge is -2.22. The summed E-state index contributed by atoms with van der Waals surface area (Å²) in [5, 5.41) is 1.22. The molecule has 3 aromatic carbocycles. The van der Waals surface area contributed by atoms with Gasteiger partial charge in [0, 0.05) is 46.2 Å². The summed E-state index contributed by atoms with van der Waals surface area (Å²) >= 11 is 13.0. The van der Waals surface area contributed by atoms with Gasteiger partial charge in [-0.2, -0.15) is 0 Å². The van der Waals surface area contributed by atoms with E-state index in [0.717, 1.165) is 28.1 Å². The van der Waals surface area contributed by atoms with E-state index >= 15 is 0 Å². The van der Waals surface area contributed by atoms with E-state index in [1.807, 2.05) is 60.7 Å². The predicted octanol–water partition coefficient (Wildman–Crippen LogP) is 5.68. The molecule has 0 saturated carbocycles. The van der Waals surface area contributed by atoms with Crippen LogP contribution in [0.15, 0.2) is 60.7 Å². The average molecular weight is 494 g/mol. The van der Waals surface area contributed by atoms with Crippen molar-refractivity contribution in [2.45, 2.75) is 18.9 Å². The number of ether oxygens (including phenoxy) is 2. The van der Waals surface area contributed by atoms with Crippen LogP contribution in [0.3, 0.4) is 0 Å². The Hall–Kier alpha value is -3.22. The number of carbonyl (C=O) groups excluding carboxylic acids is 1. The van der Waals surface area contributed by atoms with Gasteiger partial charge in [0.25, 0.3) is 0 Å². The van der Waals surface area contributed by atoms with Crippen molar-refractivity contribution < 1.29 is 14.3 Å². The van der Waals surface area contributed by atoms with Crippen LogP contribution in [-0.2, 0) is 11.3 Å². The van der Waals surface area contributed by atoms with E-state index in [0.29, 0.717) is 54.3 Å². The van der Waals surface area contributed by atoms with Crippen molar-refractivity contribution in [3.8, 4) is 11.5 Å². The summed E-state index contributed by atoms with van der Waals surface area (Å²) in [6.07, 6.45) is 0.369. The largest absolute Gasteiger partial charge is 0.486 e. The minimum absolute atomic E-state index is 0.0519. The first kappa shape index (κ1) is 21.3. The fourth-order valence-corrected chi connectivity index (χ4v) is 5.26. The Bertz CT molecular complexity index is 1400. The lowest BCUT2D eigenvalue weighted by molar-refractivity contribution is -0.117. The molecule has 6 rings (SSSR count). The topological polar surface area (TPSA) is 56.6 Å². The zero-order chi connectivity index (χ0) is 23.2. The fraction of sp³-hybridized carbons (Fsp3) is 0.231. The Morgan fingerprint density at radius 3 is 2.53 bits per heavy atom. The summed E-state index contributed by atoms with van der Waals surface area (Å²) in [6.45, 7) is 2.03. The Kier molecular flexibility index (Phi) is 5.35. The third kappa shape index (κ3) is 3.67. The molecular formula is C26H21Cl2N3O3. The van der Waals surface area contributed by atoms with Gasteiger partial charge in [-0.1, -0.05) is 41.4 Å². The number of imidazole rings is 1. The molecule has 1 aromatic heterocycles. The highest BCUT2D eigenvalue weighted by molar-refractivity contribution is 6.36. The van der Waals surface area contributed by atoms with Crippen molar-refractivity contribution in [1.82, 2.24) is 9.55 Å². The van der Waals surface area contributed by atoms with Gasteiger partial charge in [0.15, 0.2) is 11.5 Å². The van der Waals surface area contributed by atoms with E-state index in [9.17, 15) is 4.79 Å². The molecule has 1 atom stereocenters. The number of carbonyl (C=O) groups is 1. The number of hydrogen-bond donors (Lipinski definition) is 0. The summed E-state index contributed by atoms with van der Waals surface area (Å²) in [4.78, 5) is 19.8. The third-order valence-corrected chi connectivity index (χ3v) is 7.10. The Morgan fingerprint density at radius 1 is 0.941 bits per heavy atom. The van der Waals surface area contributed by atoms with Crippen LogP contribution in [0.2, 0.25) is 10.0 Å². The molecule has 1 amide bonds. The number of amides is 1. The van der Waals surface area contributed by atoms with Crippen LogP contribution in [0.4, 0.5) is 5.69 Å². The molecule has 0 N–H and O–H groups in total. The summed E-state index contributed by atoms with van der Waals surface area (Å²) in [5.74, 6) is 2.20. The molecule has 0 aliphatic carbocycles. The zero-order valence-corrected chi connectivity index (χ0v) is 19.7. The molecule has 3 heterocycles. The zero-order valence-electron chi connectivity index (χ0n) is 18.2. The van der Waals surface area contributed by atoms with Gasteiger partial charge in [-0.25, -0.2) is 4.98 Å². The monoisotopic (exact) mass is 493 g/mol. The molecule has 0 radical (unpaired) electrons. The van der Waals surface area contributed by atoms with Crippen molar-refractivity contribution in [1.29, 1.82) is 0 Å². The SMILES string of the molecule is O=C1CC(c2nc3ccccc3n2Cc2c(Cl)cccc2Cl)CN1c1ccc2c(c1)OCCO2. The van der Waals surface area contributed by atoms with Crippen LogP contribution < -0.4 is 14.4 Å². The van der Waals surface area contributed by atoms with Crippen molar-refractivity contribution >= 4 is 45.8 Å². The van der Waals surface area contributed by atoms with Crippen LogP contribution in [0, 0.1) is 0 Å². The molecular weight excluding hydrogens is 473 g/mol. The van der Waals surface area contributed by atoms with Gasteiger partial charge in [-0.3, -0.25) is 4.79 Å². The maximum Gasteiger partial charge on any atom is 0.227 e. The second kappa shape index (κ2) is 8.53. The smallest absolute Gasteiger partial charge is 0.227 e. The Labute approximate surface area is 206 Å². The van der Waals surface area contributed by atoms with Crippen LogP contribution in [0.5, 0.6) is 11.5 Å². The van der Waals surface area contributed by atoms with E-state index in [2.05, 4.69) is 4.57 Å². The van der Waals surface area contributed by atoms with E-state index < -0.39 is 0 Å². The van der Waals surface area contributed by atoms with Gasteiger partial charge < -0.3 is 18.9 Å². The molecule has 0 spiro atoms. The molecule has 172 valence electrons.